The van der Waals surface area contributed by atoms with Crippen molar-refractivity contribution in [1.82, 2.24) is 5.32 Å². The summed E-state index contributed by atoms with van der Waals surface area (Å²) in [6.07, 6.45) is 2.83. The maximum Gasteiger partial charge on any atom is 0.251 e. The molecule has 0 aliphatic rings. The van der Waals surface area contributed by atoms with Crippen molar-refractivity contribution < 1.29 is 9.52 Å². The number of nitrogens with one attached hydrogen (secondary N) is 1. The zero-order valence-electron chi connectivity index (χ0n) is 12.5. The number of rotatable bonds is 4. The first-order valence-electron chi connectivity index (χ1n) is 7.34. The number of benzene rings is 2. The molecule has 3 rings (SSSR count). The molecule has 1 aromatic heterocycles. The van der Waals surface area contributed by atoms with Gasteiger partial charge >= 0.3 is 0 Å². The molecule has 2 aromatic carbocycles. The van der Waals surface area contributed by atoms with Crippen molar-refractivity contribution in [2.45, 2.75) is 6.54 Å². The van der Waals surface area contributed by atoms with E-state index in [1.54, 1.807) is 12.1 Å². The molecule has 114 valence electrons. The molecule has 0 spiro atoms. The van der Waals surface area contributed by atoms with Gasteiger partial charge in [0.1, 0.15) is 0 Å². The maximum absolute atomic E-state index is 12.2. The SMILES string of the molecule is O=C(NCc1cc[n+]([O-])cc1)c1ccc(-c2ccccc2)cc1. The van der Waals surface area contributed by atoms with Crippen LogP contribution in [0.4, 0.5) is 0 Å². The maximum atomic E-state index is 12.2. The van der Waals surface area contributed by atoms with Crippen LogP contribution in [0.2, 0.25) is 0 Å². The highest BCUT2D eigenvalue weighted by molar-refractivity contribution is 5.94. The van der Waals surface area contributed by atoms with Crippen molar-refractivity contribution in [1.29, 1.82) is 0 Å². The molecule has 1 N–H and O–H groups in total. The van der Waals surface area contributed by atoms with Crippen LogP contribution in [0, 0.1) is 5.21 Å². The van der Waals surface area contributed by atoms with Crippen LogP contribution in [0.1, 0.15) is 15.9 Å². The fourth-order valence-electron chi connectivity index (χ4n) is 2.29. The van der Waals surface area contributed by atoms with Gasteiger partial charge in [-0.25, -0.2) is 0 Å². The lowest BCUT2D eigenvalue weighted by Crippen LogP contribution is -2.26. The van der Waals surface area contributed by atoms with Gasteiger partial charge in [0.2, 0.25) is 0 Å². The van der Waals surface area contributed by atoms with Gasteiger partial charge in [-0.3, -0.25) is 4.79 Å². The van der Waals surface area contributed by atoms with E-state index in [0.717, 1.165) is 16.7 Å². The number of amides is 1. The number of pyridine rings is 1. The molecule has 0 saturated heterocycles. The Hall–Kier alpha value is -3.14. The largest absolute Gasteiger partial charge is 0.619 e. The number of hydrogen-bond acceptors (Lipinski definition) is 2. The number of aromatic nitrogens is 1. The van der Waals surface area contributed by atoms with Crippen LogP contribution < -0.4 is 10.0 Å². The van der Waals surface area contributed by atoms with Crippen molar-refractivity contribution in [2.24, 2.45) is 0 Å². The Balaban J connectivity index is 1.65. The summed E-state index contributed by atoms with van der Waals surface area (Å²) in [6, 6.07) is 20.9. The van der Waals surface area contributed by atoms with E-state index in [0.29, 0.717) is 16.8 Å². The molecule has 0 aliphatic carbocycles. The fourth-order valence-corrected chi connectivity index (χ4v) is 2.29. The van der Waals surface area contributed by atoms with Gasteiger partial charge in [0.15, 0.2) is 12.4 Å². The van der Waals surface area contributed by atoms with E-state index in [-0.39, 0.29) is 5.91 Å². The molecule has 23 heavy (non-hydrogen) atoms. The van der Waals surface area contributed by atoms with E-state index in [1.807, 2.05) is 54.6 Å². The third kappa shape index (κ3) is 3.74. The summed E-state index contributed by atoms with van der Waals surface area (Å²) in [5, 5.41) is 13.8. The highest BCUT2D eigenvalue weighted by Crippen LogP contribution is 2.19. The highest BCUT2D eigenvalue weighted by Gasteiger charge is 2.06. The Labute approximate surface area is 134 Å². The highest BCUT2D eigenvalue weighted by atomic mass is 16.5. The van der Waals surface area contributed by atoms with Crippen molar-refractivity contribution in [3.05, 3.63) is 95.5 Å². The van der Waals surface area contributed by atoms with Crippen molar-refractivity contribution in [3.8, 4) is 11.1 Å². The Kier molecular flexibility index (Phi) is 4.34. The van der Waals surface area contributed by atoms with Gasteiger partial charge in [-0.1, -0.05) is 42.5 Å². The van der Waals surface area contributed by atoms with Gasteiger partial charge in [-0.2, -0.15) is 4.73 Å². The Bertz CT molecular complexity index is 782. The predicted molar refractivity (Wildman–Crippen MR) is 88.5 cm³/mol. The predicted octanol–water partition coefficient (Wildman–Crippen LogP) is 2.92. The first-order valence-corrected chi connectivity index (χ1v) is 7.34. The molecule has 4 nitrogen and oxygen atoms in total. The third-order valence-electron chi connectivity index (χ3n) is 3.58. The molecule has 0 aliphatic heterocycles. The van der Waals surface area contributed by atoms with Gasteiger partial charge in [0.05, 0.1) is 0 Å². The van der Waals surface area contributed by atoms with Crippen LogP contribution in [-0.4, -0.2) is 5.91 Å². The quantitative estimate of drug-likeness (QED) is 0.595. The smallest absolute Gasteiger partial charge is 0.251 e. The van der Waals surface area contributed by atoms with Crippen LogP contribution >= 0.6 is 0 Å². The number of carbonyl (C=O) groups excluding carboxylic acids is 1. The zero-order valence-corrected chi connectivity index (χ0v) is 12.5. The van der Waals surface area contributed by atoms with Gasteiger partial charge < -0.3 is 10.5 Å². The van der Waals surface area contributed by atoms with E-state index < -0.39 is 0 Å². The standard InChI is InChI=1S/C19H16N2O2/c22-19(20-14-15-10-12-21(23)13-11-15)18-8-6-17(7-9-18)16-4-2-1-3-5-16/h1-13H,14H2,(H,20,22). The van der Waals surface area contributed by atoms with Gasteiger partial charge in [0, 0.05) is 24.2 Å². The van der Waals surface area contributed by atoms with Crippen LogP contribution in [0.15, 0.2) is 79.1 Å². The second kappa shape index (κ2) is 6.75. The van der Waals surface area contributed by atoms with Gasteiger partial charge in [0.25, 0.3) is 5.91 Å². The topological polar surface area (TPSA) is 56.0 Å². The molecule has 4 heteroatoms. The van der Waals surface area contributed by atoms with Crippen LogP contribution in [0.3, 0.4) is 0 Å². The van der Waals surface area contributed by atoms with Gasteiger partial charge in [-0.15, -0.1) is 0 Å². The summed E-state index contributed by atoms with van der Waals surface area (Å²) in [5.74, 6) is -0.136. The third-order valence-corrected chi connectivity index (χ3v) is 3.58. The molecule has 0 saturated carbocycles. The average Bonchev–Trinajstić information content (AvgIpc) is 2.62. The van der Waals surface area contributed by atoms with Crippen molar-refractivity contribution in [3.63, 3.8) is 0 Å². The zero-order chi connectivity index (χ0) is 16.1. The first kappa shape index (κ1) is 14.8. The Morgan fingerprint density at radius 3 is 2.13 bits per heavy atom. The molecular weight excluding hydrogens is 288 g/mol. The summed E-state index contributed by atoms with van der Waals surface area (Å²) < 4.78 is 0.716. The first-order chi connectivity index (χ1) is 11.2. The summed E-state index contributed by atoms with van der Waals surface area (Å²) >= 11 is 0. The molecule has 3 aromatic rings. The van der Waals surface area contributed by atoms with Crippen molar-refractivity contribution >= 4 is 5.91 Å². The molecule has 0 bridgehead atoms. The second-order valence-electron chi connectivity index (χ2n) is 5.19. The van der Waals surface area contributed by atoms with Crippen LogP contribution in [0.25, 0.3) is 11.1 Å². The van der Waals surface area contributed by atoms with Crippen LogP contribution in [0.5, 0.6) is 0 Å². The summed E-state index contributed by atoms with van der Waals surface area (Å²) in [6.45, 7) is 0.389. The monoisotopic (exact) mass is 304 g/mol. The minimum Gasteiger partial charge on any atom is -0.619 e. The van der Waals surface area contributed by atoms with Crippen molar-refractivity contribution in [2.75, 3.05) is 0 Å². The molecule has 1 heterocycles. The number of hydrogen-bond donors (Lipinski definition) is 1. The lowest BCUT2D eigenvalue weighted by molar-refractivity contribution is -0.605. The lowest BCUT2D eigenvalue weighted by atomic mass is 10.0. The molecule has 1 amide bonds. The molecule has 0 fully saturated rings. The van der Waals surface area contributed by atoms with Gasteiger partial charge in [-0.05, 0) is 28.8 Å². The second-order valence-corrected chi connectivity index (χ2v) is 5.19. The van der Waals surface area contributed by atoms with E-state index in [1.165, 1.54) is 12.4 Å². The van der Waals surface area contributed by atoms with E-state index in [9.17, 15) is 10.0 Å². The van der Waals surface area contributed by atoms with E-state index in [4.69, 9.17) is 0 Å². The molecule has 0 radical (unpaired) electrons. The summed E-state index contributed by atoms with van der Waals surface area (Å²) in [7, 11) is 0. The summed E-state index contributed by atoms with van der Waals surface area (Å²) in [4.78, 5) is 12.2. The summed E-state index contributed by atoms with van der Waals surface area (Å²) in [5.41, 5.74) is 3.69. The van der Waals surface area contributed by atoms with Crippen LogP contribution in [-0.2, 0) is 6.54 Å². The minimum atomic E-state index is -0.136. The normalized spacial score (nSPS) is 10.3. The average molecular weight is 304 g/mol. The Morgan fingerprint density at radius 2 is 1.48 bits per heavy atom. The van der Waals surface area contributed by atoms with E-state index >= 15 is 0 Å². The molecule has 0 unspecified atom stereocenters. The number of carbonyl (C=O) groups is 1. The molecular formula is C19H16N2O2. The fraction of sp³-hybridized carbons (Fsp3) is 0.0526. The molecule has 0 atom stereocenters. The minimum absolute atomic E-state index is 0.136. The van der Waals surface area contributed by atoms with E-state index in [2.05, 4.69) is 5.32 Å². The number of nitrogens with zero attached hydrogens (tertiary/aromatic N) is 1. The lowest BCUT2D eigenvalue weighted by Gasteiger charge is -2.07. The Morgan fingerprint density at radius 1 is 0.870 bits per heavy atom.